The fourth-order valence-electron chi connectivity index (χ4n) is 1.59. The van der Waals surface area contributed by atoms with E-state index in [0.717, 1.165) is 11.0 Å². The third-order valence-corrected chi connectivity index (χ3v) is 2.37. The van der Waals surface area contributed by atoms with Crippen molar-refractivity contribution in [2.45, 2.75) is 12.8 Å². The summed E-state index contributed by atoms with van der Waals surface area (Å²) in [6.45, 7) is 2.15. The Hall–Kier alpha value is -2.35. The van der Waals surface area contributed by atoms with Crippen molar-refractivity contribution in [3.8, 4) is 6.07 Å². The normalized spacial score (nSPS) is 12.0. The first-order chi connectivity index (χ1) is 8.26. The lowest BCUT2D eigenvalue weighted by molar-refractivity contribution is 0.312. The molecular formula is C12H12N4O. The molecule has 1 unspecified atom stereocenters. The molecule has 2 aromatic rings. The van der Waals surface area contributed by atoms with Gasteiger partial charge in [-0.15, -0.1) is 0 Å². The first-order valence-electron chi connectivity index (χ1n) is 5.31. The first kappa shape index (κ1) is 11.1. The van der Waals surface area contributed by atoms with Gasteiger partial charge in [0.15, 0.2) is 5.92 Å². The zero-order valence-electron chi connectivity index (χ0n) is 9.40. The quantitative estimate of drug-likeness (QED) is 0.623. The summed E-state index contributed by atoms with van der Waals surface area (Å²) in [5.74, 6) is -0.399. The van der Waals surface area contributed by atoms with Crippen LogP contribution in [-0.4, -0.2) is 22.5 Å². The van der Waals surface area contributed by atoms with Gasteiger partial charge < -0.3 is 9.72 Å². The molecule has 1 aromatic carbocycles. The largest absolute Gasteiger partial charge is 0.480 e. The fourth-order valence-corrected chi connectivity index (χ4v) is 1.59. The zero-order valence-corrected chi connectivity index (χ0v) is 9.40. The number of aromatic nitrogens is 2. The van der Waals surface area contributed by atoms with Crippen molar-refractivity contribution in [3.63, 3.8) is 0 Å². The second-order valence-corrected chi connectivity index (χ2v) is 3.50. The number of hydrogen-bond donors (Lipinski definition) is 2. The summed E-state index contributed by atoms with van der Waals surface area (Å²) < 4.78 is 5.05. The molecule has 0 aliphatic carbocycles. The lowest BCUT2D eigenvalue weighted by Gasteiger charge is -2.07. The molecule has 17 heavy (non-hydrogen) atoms. The van der Waals surface area contributed by atoms with Gasteiger partial charge in [0, 0.05) is 0 Å². The Kier molecular flexibility index (Phi) is 3.06. The highest BCUT2D eigenvalue weighted by Crippen LogP contribution is 2.18. The average Bonchev–Trinajstić information content (AvgIpc) is 2.73. The molecule has 0 amide bonds. The van der Waals surface area contributed by atoms with E-state index in [2.05, 4.69) is 9.97 Å². The molecule has 86 valence electrons. The van der Waals surface area contributed by atoms with Crippen LogP contribution >= 0.6 is 0 Å². The second-order valence-electron chi connectivity index (χ2n) is 3.50. The molecule has 1 atom stereocenters. The topological polar surface area (TPSA) is 85.5 Å². The van der Waals surface area contributed by atoms with E-state index >= 15 is 0 Å². The van der Waals surface area contributed by atoms with Gasteiger partial charge in [0.25, 0.3) is 0 Å². The number of rotatable bonds is 3. The number of hydrogen-bond acceptors (Lipinski definition) is 4. The van der Waals surface area contributed by atoms with Gasteiger partial charge in [-0.25, -0.2) is 4.98 Å². The lowest BCUT2D eigenvalue weighted by Crippen LogP contribution is -2.14. The van der Waals surface area contributed by atoms with Gasteiger partial charge >= 0.3 is 0 Å². The maximum Gasteiger partial charge on any atom is 0.206 e. The van der Waals surface area contributed by atoms with E-state index in [1.807, 2.05) is 30.3 Å². The molecule has 0 saturated carbocycles. The number of nitrogens with zero attached hydrogens (tertiary/aromatic N) is 2. The molecule has 5 nitrogen and oxygen atoms in total. The van der Waals surface area contributed by atoms with E-state index < -0.39 is 5.92 Å². The number of nitrogens with one attached hydrogen (secondary N) is 2. The van der Waals surface area contributed by atoms with Gasteiger partial charge in [-0.05, 0) is 19.1 Å². The summed E-state index contributed by atoms with van der Waals surface area (Å²) in [7, 11) is 0. The summed E-state index contributed by atoms with van der Waals surface area (Å²) in [4.78, 5) is 7.32. The van der Waals surface area contributed by atoms with E-state index in [1.165, 1.54) is 0 Å². The van der Waals surface area contributed by atoms with Crippen LogP contribution in [0.4, 0.5) is 0 Å². The van der Waals surface area contributed by atoms with Crippen molar-refractivity contribution >= 4 is 16.9 Å². The maximum atomic E-state index is 9.07. The first-order valence-corrected chi connectivity index (χ1v) is 5.31. The monoisotopic (exact) mass is 228 g/mol. The van der Waals surface area contributed by atoms with Gasteiger partial charge in [-0.2, -0.15) is 5.26 Å². The average molecular weight is 228 g/mol. The van der Waals surface area contributed by atoms with Crippen molar-refractivity contribution in [1.29, 1.82) is 10.7 Å². The molecule has 2 N–H and O–H groups in total. The summed E-state index contributed by atoms with van der Waals surface area (Å²) in [6, 6.07) is 9.52. The number of ether oxygens (including phenoxy) is 1. The molecular weight excluding hydrogens is 216 g/mol. The highest BCUT2D eigenvalue weighted by molar-refractivity contribution is 5.84. The van der Waals surface area contributed by atoms with E-state index in [1.54, 1.807) is 6.92 Å². The molecule has 1 aromatic heterocycles. The lowest BCUT2D eigenvalue weighted by atomic mass is 10.1. The molecule has 0 aliphatic rings. The zero-order chi connectivity index (χ0) is 12.3. The van der Waals surface area contributed by atoms with E-state index in [-0.39, 0.29) is 5.90 Å². The third-order valence-electron chi connectivity index (χ3n) is 2.37. The van der Waals surface area contributed by atoms with Crippen molar-refractivity contribution in [2.75, 3.05) is 6.61 Å². The molecule has 2 rings (SSSR count). The van der Waals surface area contributed by atoms with E-state index in [4.69, 9.17) is 15.4 Å². The SMILES string of the molecule is CCOC(=N)C(C#N)c1nc2ccccc2[nH]1. The van der Waals surface area contributed by atoms with Crippen molar-refractivity contribution in [1.82, 2.24) is 9.97 Å². The second kappa shape index (κ2) is 4.66. The Balaban J connectivity index is 2.37. The minimum Gasteiger partial charge on any atom is -0.480 e. The predicted molar refractivity (Wildman–Crippen MR) is 63.8 cm³/mol. The van der Waals surface area contributed by atoms with Crippen LogP contribution in [0.25, 0.3) is 11.0 Å². The molecule has 0 fully saturated rings. The van der Waals surface area contributed by atoms with Crippen molar-refractivity contribution < 1.29 is 4.74 Å². The maximum absolute atomic E-state index is 9.07. The Morgan fingerprint density at radius 2 is 2.35 bits per heavy atom. The van der Waals surface area contributed by atoms with E-state index in [0.29, 0.717) is 12.4 Å². The molecule has 0 saturated heterocycles. The standard InChI is InChI=1S/C12H12N4O/c1-2-17-11(14)8(7-13)12-15-9-5-3-4-6-10(9)16-12/h3-6,8,14H,2H2,1H3,(H,15,16). The number of H-pyrrole nitrogens is 1. The smallest absolute Gasteiger partial charge is 0.206 e. The van der Waals surface area contributed by atoms with Gasteiger partial charge in [0.05, 0.1) is 23.7 Å². The molecule has 1 heterocycles. The molecule has 0 radical (unpaired) electrons. The highest BCUT2D eigenvalue weighted by Gasteiger charge is 2.21. The van der Waals surface area contributed by atoms with Crippen LogP contribution in [0.15, 0.2) is 24.3 Å². The van der Waals surface area contributed by atoms with Crippen molar-refractivity contribution in [2.24, 2.45) is 0 Å². The highest BCUT2D eigenvalue weighted by atomic mass is 16.5. The van der Waals surface area contributed by atoms with Gasteiger partial charge in [-0.3, -0.25) is 5.41 Å². The number of imidazole rings is 1. The van der Waals surface area contributed by atoms with Crippen LogP contribution in [0.2, 0.25) is 0 Å². The van der Waals surface area contributed by atoms with Gasteiger partial charge in [-0.1, -0.05) is 12.1 Å². The third kappa shape index (κ3) is 2.11. The number of benzene rings is 1. The molecule has 5 heteroatoms. The van der Waals surface area contributed by atoms with Crippen LogP contribution in [0.3, 0.4) is 0 Å². The minimum absolute atomic E-state index is 0.0749. The van der Waals surface area contributed by atoms with Crippen molar-refractivity contribution in [3.05, 3.63) is 30.1 Å². The summed E-state index contributed by atoms with van der Waals surface area (Å²) >= 11 is 0. The molecule has 0 aliphatic heterocycles. The summed E-state index contributed by atoms with van der Waals surface area (Å²) in [5.41, 5.74) is 1.64. The van der Waals surface area contributed by atoms with Crippen LogP contribution in [0, 0.1) is 16.7 Å². The van der Waals surface area contributed by atoms with E-state index in [9.17, 15) is 0 Å². The summed E-state index contributed by atoms with van der Waals surface area (Å²) in [6.07, 6.45) is 0. The number of para-hydroxylation sites is 2. The Morgan fingerprint density at radius 3 is 3.00 bits per heavy atom. The van der Waals surface area contributed by atoms with Crippen LogP contribution in [0.5, 0.6) is 0 Å². The van der Waals surface area contributed by atoms with Crippen LogP contribution in [0.1, 0.15) is 18.7 Å². The number of fused-ring (bicyclic) bond motifs is 1. The van der Waals surface area contributed by atoms with Gasteiger partial charge in [0.1, 0.15) is 5.82 Å². The fraction of sp³-hybridized carbons (Fsp3) is 0.250. The predicted octanol–water partition coefficient (Wildman–Crippen LogP) is 2.18. The number of nitriles is 1. The Labute approximate surface area is 98.6 Å². The molecule has 0 spiro atoms. The van der Waals surface area contributed by atoms with Gasteiger partial charge in [0.2, 0.25) is 5.90 Å². The molecule has 0 bridgehead atoms. The number of aromatic amines is 1. The Bertz CT molecular complexity index is 548. The minimum atomic E-state index is -0.776. The van der Waals surface area contributed by atoms with Crippen LogP contribution < -0.4 is 0 Å². The Morgan fingerprint density at radius 1 is 1.59 bits per heavy atom. The summed E-state index contributed by atoms with van der Waals surface area (Å²) in [5, 5.41) is 16.7. The van der Waals surface area contributed by atoms with Crippen LogP contribution in [-0.2, 0) is 4.74 Å².